The van der Waals surface area contributed by atoms with Crippen LogP contribution in [0.1, 0.15) is 56.6 Å². The van der Waals surface area contributed by atoms with Gasteiger partial charge in [0.15, 0.2) is 0 Å². The van der Waals surface area contributed by atoms with Gasteiger partial charge in [-0.15, -0.1) is 0 Å². The lowest BCUT2D eigenvalue weighted by Crippen LogP contribution is -2.42. The maximum Gasteiger partial charge on any atom is 0.0830 e. The van der Waals surface area contributed by atoms with Crippen LogP contribution in [-0.2, 0) is 4.74 Å². The van der Waals surface area contributed by atoms with Gasteiger partial charge in [0.25, 0.3) is 0 Å². The molecule has 1 aromatic rings. The Balaban J connectivity index is 1.77. The lowest BCUT2D eigenvalue weighted by Gasteiger charge is -2.44. The Morgan fingerprint density at radius 2 is 2.05 bits per heavy atom. The van der Waals surface area contributed by atoms with E-state index in [0.717, 1.165) is 33.1 Å². The van der Waals surface area contributed by atoms with Gasteiger partial charge in [-0.2, -0.15) is 0 Å². The molecule has 0 bridgehead atoms. The average molecular weight is 465 g/mol. The summed E-state index contributed by atoms with van der Waals surface area (Å²) in [6, 6.07) is 6.17. The zero-order valence-corrected chi connectivity index (χ0v) is 15.9. The predicted molar refractivity (Wildman–Crippen MR) is 96.3 cm³/mol. The van der Waals surface area contributed by atoms with E-state index in [2.05, 4.69) is 50.7 Å². The van der Waals surface area contributed by atoms with Crippen molar-refractivity contribution in [3.8, 4) is 0 Å². The second kappa shape index (κ2) is 6.85. The summed E-state index contributed by atoms with van der Waals surface area (Å²) in [6.07, 6.45) is 7.83. The van der Waals surface area contributed by atoms with Gasteiger partial charge in [0.05, 0.1) is 11.7 Å². The number of ether oxygens (including phenoxy) is 1. The fourth-order valence-corrected chi connectivity index (χ4v) is 4.91. The van der Waals surface area contributed by atoms with Crippen molar-refractivity contribution in [2.75, 3.05) is 6.61 Å². The summed E-state index contributed by atoms with van der Waals surface area (Å²) in [6.45, 7) is 0.798. The van der Waals surface area contributed by atoms with Crippen molar-refractivity contribution < 1.29 is 9.84 Å². The van der Waals surface area contributed by atoms with Crippen LogP contribution >= 0.6 is 38.5 Å². The molecule has 1 saturated carbocycles. The fourth-order valence-electron chi connectivity index (χ4n) is 3.87. The SMILES string of the molecule is OC(c1cc(Br)ccc1I)C1CCOC2(CCCCC2)C1. The van der Waals surface area contributed by atoms with Crippen LogP contribution in [-0.4, -0.2) is 17.3 Å². The van der Waals surface area contributed by atoms with Crippen molar-refractivity contribution >= 4 is 38.5 Å². The van der Waals surface area contributed by atoms with E-state index in [4.69, 9.17) is 4.74 Å². The third-order valence-electron chi connectivity index (χ3n) is 5.02. The molecule has 0 radical (unpaired) electrons. The van der Waals surface area contributed by atoms with Gasteiger partial charge in [-0.3, -0.25) is 0 Å². The van der Waals surface area contributed by atoms with Gasteiger partial charge in [0.2, 0.25) is 0 Å². The lowest BCUT2D eigenvalue weighted by molar-refractivity contribution is -0.134. The quantitative estimate of drug-likeness (QED) is 0.608. The molecule has 1 saturated heterocycles. The van der Waals surface area contributed by atoms with Crippen molar-refractivity contribution in [2.45, 2.75) is 56.7 Å². The number of aliphatic hydroxyl groups excluding tert-OH is 1. The summed E-state index contributed by atoms with van der Waals surface area (Å²) in [5.74, 6) is 0.319. The number of halogens is 2. The first-order valence-electron chi connectivity index (χ1n) is 7.87. The van der Waals surface area contributed by atoms with Gasteiger partial charge in [0.1, 0.15) is 0 Å². The summed E-state index contributed by atoms with van der Waals surface area (Å²) in [5, 5.41) is 10.9. The fraction of sp³-hybridized carbons (Fsp3) is 0.647. The molecule has 2 aliphatic rings. The molecule has 4 heteroatoms. The van der Waals surface area contributed by atoms with Gasteiger partial charge < -0.3 is 9.84 Å². The van der Waals surface area contributed by atoms with Crippen molar-refractivity contribution in [2.24, 2.45) is 5.92 Å². The van der Waals surface area contributed by atoms with Crippen LogP contribution in [0.15, 0.2) is 22.7 Å². The van der Waals surface area contributed by atoms with E-state index in [0.29, 0.717) is 5.92 Å². The molecule has 116 valence electrons. The number of benzene rings is 1. The van der Waals surface area contributed by atoms with Gasteiger partial charge in [-0.25, -0.2) is 0 Å². The minimum atomic E-state index is -0.378. The van der Waals surface area contributed by atoms with Crippen LogP contribution in [0.3, 0.4) is 0 Å². The maximum atomic E-state index is 10.9. The first-order valence-corrected chi connectivity index (χ1v) is 9.74. The summed E-state index contributed by atoms with van der Waals surface area (Å²) < 4.78 is 8.34. The molecule has 2 nitrogen and oxygen atoms in total. The van der Waals surface area contributed by atoms with Gasteiger partial charge in [0, 0.05) is 14.6 Å². The molecule has 0 aromatic heterocycles. The molecule has 1 N–H and O–H groups in total. The molecular weight excluding hydrogens is 443 g/mol. The Hall–Kier alpha value is 0.350. The Morgan fingerprint density at radius 1 is 1.29 bits per heavy atom. The molecule has 1 spiro atoms. The van der Waals surface area contributed by atoms with Crippen molar-refractivity contribution in [1.82, 2.24) is 0 Å². The third kappa shape index (κ3) is 3.65. The molecular formula is C17H22BrIO2. The van der Waals surface area contributed by atoms with E-state index in [1.165, 1.54) is 32.1 Å². The predicted octanol–water partition coefficient (Wildman–Crippen LogP) is 5.22. The molecule has 2 fully saturated rings. The highest BCUT2D eigenvalue weighted by molar-refractivity contribution is 14.1. The van der Waals surface area contributed by atoms with E-state index in [1.54, 1.807) is 0 Å². The smallest absolute Gasteiger partial charge is 0.0830 e. The number of rotatable bonds is 2. The molecule has 1 aliphatic heterocycles. The first kappa shape index (κ1) is 16.2. The molecule has 1 aliphatic carbocycles. The van der Waals surface area contributed by atoms with Crippen molar-refractivity contribution in [1.29, 1.82) is 0 Å². The average Bonchev–Trinajstić information content (AvgIpc) is 2.50. The standard InChI is InChI=1S/C17H22BrIO2/c18-13-4-5-15(19)14(10-13)16(20)12-6-9-21-17(11-12)7-2-1-3-8-17/h4-5,10,12,16,20H,1-3,6-9,11H2. The second-order valence-corrected chi connectivity index (χ2v) is 8.53. The van der Waals surface area contributed by atoms with E-state index in [1.807, 2.05) is 6.07 Å². The highest BCUT2D eigenvalue weighted by atomic mass is 127. The molecule has 1 heterocycles. The molecule has 2 unspecified atom stereocenters. The molecule has 3 rings (SSSR count). The Labute approximate surface area is 148 Å². The number of hydrogen-bond donors (Lipinski definition) is 1. The maximum absolute atomic E-state index is 10.9. The molecule has 1 aromatic carbocycles. The number of hydrogen-bond acceptors (Lipinski definition) is 2. The summed E-state index contributed by atoms with van der Waals surface area (Å²) in [7, 11) is 0. The van der Waals surface area contributed by atoms with E-state index in [9.17, 15) is 5.11 Å². The second-order valence-electron chi connectivity index (χ2n) is 6.46. The van der Waals surface area contributed by atoms with Crippen LogP contribution in [0, 0.1) is 9.49 Å². The normalized spacial score (nSPS) is 26.7. The summed E-state index contributed by atoms with van der Waals surface area (Å²) in [5.41, 5.74) is 1.11. The van der Waals surface area contributed by atoms with Crippen molar-refractivity contribution in [3.63, 3.8) is 0 Å². The third-order valence-corrected chi connectivity index (χ3v) is 6.49. The van der Waals surface area contributed by atoms with Crippen LogP contribution in [0.4, 0.5) is 0 Å². The van der Waals surface area contributed by atoms with Gasteiger partial charge >= 0.3 is 0 Å². The van der Waals surface area contributed by atoms with Crippen molar-refractivity contribution in [3.05, 3.63) is 31.8 Å². The summed E-state index contributed by atoms with van der Waals surface area (Å²) in [4.78, 5) is 0. The zero-order chi connectivity index (χ0) is 14.9. The van der Waals surface area contributed by atoms with E-state index >= 15 is 0 Å². The first-order chi connectivity index (χ1) is 10.1. The van der Waals surface area contributed by atoms with Crippen LogP contribution in [0.2, 0.25) is 0 Å². The largest absolute Gasteiger partial charge is 0.388 e. The Morgan fingerprint density at radius 3 is 2.81 bits per heavy atom. The zero-order valence-electron chi connectivity index (χ0n) is 12.2. The van der Waals surface area contributed by atoms with Crippen LogP contribution in [0.25, 0.3) is 0 Å². The lowest BCUT2D eigenvalue weighted by atomic mass is 9.74. The number of aliphatic hydroxyl groups is 1. The van der Waals surface area contributed by atoms with E-state index in [-0.39, 0.29) is 11.7 Å². The Bertz CT molecular complexity index is 494. The van der Waals surface area contributed by atoms with Crippen LogP contribution < -0.4 is 0 Å². The minimum Gasteiger partial charge on any atom is -0.388 e. The monoisotopic (exact) mass is 464 g/mol. The van der Waals surface area contributed by atoms with E-state index < -0.39 is 0 Å². The highest BCUT2D eigenvalue weighted by Crippen LogP contribution is 2.44. The molecule has 2 atom stereocenters. The van der Waals surface area contributed by atoms with Gasteiger partial charge in [-0.1, -0.05) is 35.2 Å². The summed E-state index contributed by atoms with van der Waals surface area (Å²) >= 11 is 5.84. The minimum absolute atomic E-state index is 0.0552. The topological polar surface area (TPSA) is 29.5 Å². The highest BCUT2D eigenvalue weighted by Gasteiger charge is 2.41. The van der Waals surface area contributed by atoms with Gasteiger partial charge in [-0.05, 0) is 78.0 Å². The Kier molecular flexibility index (Phi) is 5.29. The van der Waals surface area contributed by atoms with Crippen LogP contribution in [0.5, 0.6) is 0 Å². The molecule has 0 amide bonds. The molecule has 21 heavy (non-hydrogen) atoms.